The Kier molecular flexibility index (Phi) is 4.91. The molecule has 1 aromatic carbocycles. The van der Waals surface area contributed by atoms with Gasteiger partial charge in [0.05, 0.1) is 31.4 Å². The molecule has 3 aliphatic heterocycles. The van der Waals surface area contributed by atoms with Gasteiger partial charge < -0.3 is 20.1 Å². The minimum Gasteiger partial charge on any atom is -0.390 e. The summed E-state index contributed by atoms with van der Waals surface area (Å²) in [4.78, 5) is 25.3. The van der Waals surface area contributed by atoms with Crippen LogP contribution in [0.4, 0.5) is 5.82 Å². The molecule has 0 saturated carbocycles. The molecule has 1 aromatic heterocycles. The van der Waals surface area contributed by atoms with Crippen LogP contribution in [0.2, 0.25) is 0 Å². The number of hydrogen-bond donors (Lipinski definition) is 2. The fraction of sp³-hybridized carbons (Fsp3) is 0.476. The molecule has 2 aromatic rings. The van der Waals surface area contributed by atoms with E-state index in [2.05, 4.69) is 44.5 Å². The van der Waals surface area contributed by atoms with Gasteiger partial charge >= 0.3 is 0 Å². The van der Waals surface area contributed by atoms with E-state index in [4.69, 9.17) is 4.74 Å². The van der Waals surface area contributed by atoms with Crippen LogP contribution in [0.3, 0.4) is 0 Å². The highest BCUT2D eigenvalue weighted by atomic mass is 16.5. The van der Waals surface area contributed by atoms with Crippen LogP contribution in [-0.4, -0.2) is 81.8 Å². The average Bonchev–Trinajstić information content (AvgIpc) is 3.11. The van der Waals surface area contributed by atoms with E-state index in [0.717, 1.165) is 19.5 Å². The molecular formula is C21H25N5O3. The first kappa shape index (κ1) is 18.5. The molecule has 152 valence electrons. The number of carbonyl (C=O) groups is 1. The molecule has 29 heavy (non-hydrogen) atoms. The summed E-state index contributed by atoms with van der Waals surface area (Å²) < 4.78 is 5.16. The maximum atomic E-state index is 13.0. The summed E-state index contributed by atoms with van der Waals surface area (Å²) >= 11 is 0. The van der Waals surface area contributed by atoms with Crippen LogP contribution in [0.5, 0.6) is 0 Å². The second-order valence-electron chi connectivity index (χ2n) is 8.00. The van der Waals surface area contributed by atoms with Gasteiger partial charge in [0.1, 0.15) is 17.8 Å². The molecule has 0 unspecified atom stereocenters. The number of nitrogens with zero attached hydrogens (tertiary/aromatic N) is 4. The summed E-state index contributed by atoms with van der Waals surface area (Å²) in [5, 5.41) is 13.9. The van der Waals surface area contributed by atoms with E-state index in [1.165, 1.54) is 17.5 Å². The molecule has 2 saturated heterocycles. The third-order valence-electron chi connectivity index (χ3n) is 6.05. The predicted octanol–water partition coefficient (Wildman–Crippen LogP) is 0.531. The maximum absolute atomic E-state index is 13.0. The molecular weight excluding hydrogens is 370 g/mol. The predicted molar refractivity (Wildman–Crippen MR) is 107 cm³/mol. The van der Waals surface area contributed by atoms with Gasteiger partial charge in [-0.15, -0.1) is 0 Å². The number of nitrogens with one attached hydrogen (secondary N) is 1. The summed E-state index contributed by atoms with van der Waals surface area (Å²) in [5.74, 6) is 0.458. The van der Waals surface area contributed by atoms with Gasteiger partial charge in [-0.2, -0.15) is 0 Å². The number of hydrogen-bond acceptors (Lipinski definition) is 7. The Morgan fingerprint density at radius 2 is 2.00 bits per heavy atom. The third-order valence-corrected chi connectivity index (χ3v) is 6.05. The van der Waals surface area contributed by atoms with Crippen molar-refractivity contribution in [2.45, 2.75) is 31.2 Å². The standard InChI is InChI=1S/C21H25N5O3/c27-19-10-26(9-18(19)25-6-5-14-3-1-2-4-15(14)8-25)21(28)17-7-20(23-13-22-17)24-16-11-29-12-16/h1-4,7,13,16,18-19,27H,5-6,8-12H2,(H,22,23,24)/t18-,19+/m1/s1. The Hall–Kier alpha value is -2.55. The summed E-state index contributed by atoms with van der Waals surface area (Å²) in [6.45, 7) is 3.82. The lowest BCUT2D eigenvalue weighted by Gasteiger charge is -2.34. The van der Waals surface area contributed by atoms with Crippen LogP contribution >= 0.6 is 0 Å². The van der Waals surface area contributed by atoms with Gasteiger partial charge in [-0.05, 0) is 17.5 Å². The number of anilines is 1. The number of benzene rings is 1. The van der Waals surface area contributed by atoms with Crippen LogP contribution in [-0.2, 0) is 17.7 Å². The van der Waals surface area contributed by atoms with Crippen LogP contribution in [0, 0.1) is 0 Å². The average molecular weight is 395 g/mol. The molecule has 0 aliphatic carbocycles. The van der Waals surface area contributed by atoms with Crippen LogP contribution in [0.1, 0.15) is 21.6 Å². The van der Waals surface area contributed by atoms with Crippen LogP contribution in [0.25, 0.3) is 0 Å². The van der Waals surface area contributed by atoms with Crippen molar-refractivity contribution in [2.24, 2.45) is 0 Å². The van der Waals surface area contributed by atoms with Gasteiger partial charge in [0.15, 0.2) is 0 Å². The topological polar surface area (TPSA) is 90.8 Å². The lowest BCUT2D eigenvalue weighted by Crippen LogP contribution is -2.45. The Labute approximate surface area is 169 Å². The lowest BCUT2D eigenvalue weighted by atomic mass is 9.98. The molecule has 2 fully saturated rings. The fourth-order valence-corrected chi connectivity index (χ4v) is 4.34. The normalized spacial score (nSPS) is 24.8. The zero-order valence-corrected chi connectivity index (χ0v) is 16.2. The van der Waals surface area contributed by atoms with Crippen molar-refractivity contribution >= 4 is 11.7 Å². The Bertz CT molecular complexity index is 903. The molecule has 5 rings (SSSR count). The molecule has 0 radical (unpaired) electrons. The monoisotopic (exact) mass is 395 g/mol. The molecule has 1 amide bonds. The highest BCUT2D eigenvalue weighted by Crippen LogP contribution is 2.25. The second-order valence-corrected chi connectivity index (χ2v) is 8.00. The first-order valence-electron chi connectivity index (χ1n) is 10.1. The van der Waals surface area contributed by atoms with Crippen molar-refractivity contribution in [2.75, 3.05) is 38.2 Å². The number of aliphatic hydroxyl groups excluding tert-OH is 1. The second kappa shape index (κ2) is 7.70. The number of β-amino-alcohol motifs (C(OH)–C–C–N with tert-alkyl or cyclic N) is 1. The van der Waals surface area contributed by atoms with E-state index in [1.54, 1.807) is 11.0 Å². The molecule has 0 bridgehead atoms. The third kappa shape index (κ3) is 3.71. The number of ether oxygens (including phenoxy) is 1. The van der Waals surface area contributed by atoms with E-state index in [-0.39, 0.29) is 18.0 Å². The van der Waals surface area contributed by atoms with Crippen LogP contribution < -0.4 is 5.32 Å². The Balaban J connectivity index is 1.26. The molecule has 8 heteroatoms. The highest BCUT2D eigenvalue weighted by Gasteiger charge is 2.39. The van der Waals surface area contributed by atoms with Crippen molar-refractivity contribution in [3.8, 4) is 0 Å². The minimum atomic E-state index is -0.559. The van der Waals surface area contributed by atoms with Gasteiger partial charge in [0, 0.05) is 32.2 Å². The van der Waals surface area contributed by atoms with E-state index >= 15 is 0 Å². The van der Waals surface area contributed by atoms with E-state index < -0.39 is 6.10 Å². The number of aromatic nitrogens is 2. The van der Waals surface area contributed by atoms with Crippen molar-refractivity contribution in [1.82, 2.24) is 19.8 Å². The first-order chi connectivity index (χ1) is 14.2. The Morgan fingerprint density at radius 3 is 2.79 bits per heavy atom. The molecule has 8 nitrogen and oxygen atoms in total. The molecule has 4 heterocycles. The van der Waals surface area contributed by atoms with Gasteiger partial charge in [-0.3, -0.25) is 9.69 Å². The lowest BCUT2D eigenvalue weighted by molar-refractivity contribution is 0.0209. The van der Waals surface area contributed by atoms with Crippen LogP contribution in [0.15, 0.2) is 36.7 Å². The van der Waals surface area contributed by atoms with Gasteiger partial charge in [0.2, 0.25) is 0 Å². The summed E-state index contributed by atoms with van der Waals surface area (Å²) in [6.07, 6.45) is 1.82. The minimum absolute atomic E-state index is 0.0566. The first-order valence-corrected chi connectivity index (χ1v) is 10.1. The van der Waals surface area contributed by atoms with Crippen molar-refractivity contribution in [3.05, 3.63) is 53.5 Å². The zero-order chi connectivity index (χ0) is 19.8. The maximum Gasteiger partial charge on any atom is 0.272 e. The summed E-state index contributed by atoms with van der Waals surface area (Å²) in [6, 6.07) is 10.3. The zero-order valence-electron chi connectivity index (χ0n) is 16.2. The number of likely N-dealkylation sites (tertiary alicyclic amines) is 1. The fourth-order valence-electron chi connectivity index (χ4n) is 4.34. The van der Waals surface area contributed by atoms with Gasteiger partial charge in [-0.25, -0.2) is 9.97 Å². The summed E-state index contributed by atoms with van der Waals surface area (Å²) in [7, 11) is 0. The summed E-state index contributed by atoms with van der Waals surface area (Å²) in [5.41, 5.74) is 3.03. The van der Waals surface area contributed by atoms with Crippen molar-refractivity contribution in [1.29, 1.82) is 0 Å². The smallest absolute Gasteiger partial charge is 0.272 e. The molecule has 0 spiro atoms. The SMILES string of the molecule is O=C(c1cc(NC2COC2)ncn1)N1C[C@@H](N2CCc3ccccc3C2)[C@@H](O)C1. The number of aliphatic hydroxyl groups is 1. The van der Waals surface area contributed by atoms with Gasteiger partial charge in [0.25, 0.3) is 5.91 Å². The van der Waals surface area contributed by atoms with E-state index in [1.807, 2.05) is 0 Å². The largest absolute Gasteiger partial charge is 0.390 e. The Morgan fingerprint density at radius 1 is 1.17 bits per heavy atom. The molecule has 2 atom stereocenters. The van der Waals surface area contributed by atoms with Gasteiger partial charge in [-0.1, -0.05) is 24.3 Å². The molecule has 2 N–H and O–H groups in total. The number of amides is 1. The quantitative estimate of drug-likeness (QED) is 0.780. The number of fused-ring (bicyclic) bond motifs is 1. The van der Waals surface area contributed by atoms with Crippen molar-refractivity contribution in [3.63, 3.8) is 0 Å². The van der Waals surface area contributed by atoms with E-state index in [0.29, 0.717) is 37.8 Å². The number of rotatable bonds is 4. The van der Waals surface area contributed by atoms with E-state index in [9.17, 15) is 9.90 Å². The number of carbonyl (C=O) groups excluding carboxylic acids is 1. The van der Waals surface area contributed by atoms with Crippen molar-refractivity contribution < 1.29 is 14.6 Å². The highest BCUT2D eigenvalue weighted by molar-refractivity contribution is 5.93. The molecule has 3 aliphatic rings.